The zero-order valence-electron chi connectivity index (χ0n) is 27.5. The van der Waals surface area contributed by atoms with Gasteiger partial charge in [0.2, 0.25) is 5.91 Å². The lowest BCUT2D eigenvalue weighted by atomic mass is 9.73. The molecule has 3 unspecified atom stereocenters. The summed E-state index contributed by atoms with van der Waals surface area (Å²) in [6.07, 6.45) is 1.37. The van der Waals surface area contributed by atoms with E-state index in [1.165, 1.54) is 26.0 Å². The first-order valence-corrected chi connectivity index (χ1v) is 15.5. The molecule has 3 N–H and O–H groups in total. The van der Waals surface area contributed by atoms with Crippen LogP contribution in [0.2, 0.25) is 5.02 Å². The van der Waals surface area contributed by atoms with Crippen LogP contribution in [0, 0.1) is 17.8 Å². The first kappa shape index (κ1) is 36.3. The van der Waals surface area contributed by atoms with Gasteiger partial charge in [0.1, 0.15) is 34.7 Å². The number of carbonyl (C=O) groups excluding carboxylic acids is 3. The van der Waals surface area contributed by atoms with Crippen molar-refractivity contribution in [1.82, 2.24) is 5.32 Å². The molecule has 2 amide bonds. The minimum Gasteiger partial charge on any atom is -0.495 e. The standard InChI is InChI=1S/C33H47ClN2O9/c1-18(2)30(38)45-27-16-28(37)36(7)23-14-22(15-24(42-8)29(23)34)13-19(3)11-10-12-26(43-9)33(41)17-25(44-31(39)35-33)20(4)21(5)32(27,6)40/h10-12,14-15,18,20-21,25-27,40-41H,13,16-17H2,1-9H3,(H,35,39)/t20-,21?,25?,26+,27-,32?,33-/m0/s1. The summed E-state index contributed by atoms with van der Waals surface area (Å²) in [5, 5.41) is 26.3. The molecule has 1 aromatic carbocycles. The Bertz CT molecular complexity index is 1330. The Morgan fingerprint density at radius 3 is 2.47 bits per heavy atom. The van der Waals surface area contributed by atoms with Crippen LogP contribution in [-0.4, -0.2) is 79.1 Å². The largest absolute Gasteiger partial charge is 0.495 e. The van der Waals surface area contributed by atoms with Crippen molar-refractivity contribution >= 4 is 35.3 Å². The number of allylic oxidation sites excluding steroid dienone is 3. The first-order chi connectivity index (χ1) is 20.9. The van der Waals surface area contributed by atoms with Crippen molar-refractivity contribution in [2.24, 2.45) is 17.8 Å². The lowest BCUT2D eigenvalue weighted by Crippen LogP contribution is -2.64. The van der Waals surface area contributed by atoms with Crippen molar-refractivity contribution < 1.29 is 43.5 Å². The Hall–Kier alpha value is -3.12. The van der Waals surface area contributed by atoms with Crippen molar-refractivity contribution in [3.63, 3.8) is 0 Å². The molecule has 3 rings (SSSR count). The second-order valence-corrected chi connectivity index (χ2v) is 13.0. The Balaban J connectivity index is 2.19. The molecule has 250 valence electrons. The van der Waals surface area contributed by atoms with Crippen LogP contribution in [0.5, 0.6) is 5.75 Å². The van der Waals surface area contributed by atoms with Crippen LogP contribution in [0.3, 0.4) is 0 Å². The molecule has 1 aromatic rings. The first-order valence-electron chi connectivity index (χ1n) is 15.1. The Kier molecular flexibility index (Phi) is 11.7. The van der Waals surface area contributed by atoms with E-state index in [4.69, 9.17) is 30.5 Å². The van der Waals surface area contributed by atoms with Crippen molar-refractivity contribution in [3.8, 4) is 5.75 Å². The van der Waals surface area contributed by atoms with E-state index >= 15 is 0 Å². The number of aliphatic hydroxyl groups is 2. The molecule has 2 aliphatic heterocycles. The molecular weight excluding hydrogens is 604 g/mol. The van der Waals surface area contributed by atoms with E-state index < -0.39 is 65.4 Å². The number of hydrogen-bond donors (Lipinski definition) is 3. The molecule has 0 aliphatic carbocycles. The summed E-state index contributed by atoms with van der Waals surface area (Å²) in [7, 11) is 4.47. The van der Waals surface area contributed by atoms with E-state index in [9.17, 15) is 24.6 Å². The number of nitrogens with zero attached hydrogens (tertiary/aromatic N) is 1. The maximum absolute atomic E-state index is 13.8. The third-order valence-corrected chi connectivity index (χ3v) is 9.42. The number of fused-ring (bicyclic) bond motifs is 4. The summed E-state index contributed by atoms with van der Waals surface area (Å²) in [4.78, 5) is 40.7. The number of nitrogens with one attached hydrogen (secondary N) is 1. The van der Waals surface area contributed by atoms with Gasteiger partial charge in [-0.05, 0) is 49.8 Å². The molecule has 7 atom stereocenters. The zero-order valence-corrected chi connectivity index (χ0v) is 28.3. The molecule has 0 aromatic heterocycles. The Morgan fingerprint density at radius 1 is 1.20 bits per heavy atom. The molecule has 2 aliphatic rings. The molecule has 0 saturated carbocycles. The third kappa shape index (κ3) is 8.19. The fourth-order valence-corrected chi connectivity index (χ4v) is 6.03. The fraction of sp³-hybridized carbons (Fsp3) is 0.606. The van der Waals surface area contributed by atoms with Crippen LogP contribution >= 0.6 is 11.6 Å². The number of methoxy groups -OCH3 is 2. The third-order valence-electron chi connectivity index (χ3n) is 9.04. The molecule has 4 bridgehead atoms. The average molecular weight is 651 g/mol. The van der Waals surface area contributed by atoms with Gasteiger partial charge in [0.15, 0.2) is 5.72 Å². The second kappa shape index (κ2) is 14.5. The van der Waals surface area contributed by atoms with Crippen molar-refractivity contribution in [1.29, 1.82) is 0 Å². The summed E-state index contributed by atoms with van der Waals surface area (Å²) < 4.78 is 22.5. The van der Waals surface area contributed by atoms with Gasteiger partial charge in [0.05, 0.1) is 25.1 Å². The van der Waals surface area contributed by atoms with Crippen LogP contribution < -0.4 is 15.0 Å². The molecule has 45 heavy (non-hydrogen) atoms. The van der Waals surface area contributed by atoms with Gasteiger partial charge in [-0.3, -0.25) is 14.9 Å². The highest BCUT2D eigenvalue weighted by atomic mass is 35.5. The van der Waals surface area contributed by atoms with E-state index in [0.29, 0.717) is 17.9 Å². The zero-order chi connectivity index (χ0) is 33.9. The van der Waals surface area contributed by atoms with Gasteiger partial charge < -0.3 is 34.1 Å². The maximum atomic E-state index is 13.8. The summed E-state index contributed by atoms with van der Waals surface area (Å²) in [6, 6.07) is 3.57. The normalized spacial score (nSPS) is 31.6. The molecule has 11 nitrogen and oxygen atoms in total. The molecule has 2 heterocycles. The minimum absolute atomic E-state index is 0.0614. The lowest BCUT2D eigenvalue weighted by molar-refractivity contribution is -0.184. The topological polar surface area (TPSA) is 144 Å². The van der Waals surface area contributed by atoms with E-state index in [2.05, 4.69) is 5.32 Å². The highest BCUT2D eigenvalue weighted by Gasteiger charge is 2.51. The van der Waals surface area contributed by atoms with E-state index in [-0.39, 0.29) is 17.9 Å². The van der Waals surface area contributed by atoms with Crippen molar-refractivity contribution in [2.45, 2.75) is 90.4 Å². The fourth-order valence-electron chi connectivity index (χ4n) is 5.71. The smallest absolute Gasteiger partial charge is 0.409 e. The quantitative estimate of drug-likeness (QED) is 0.400. The van der Waals surface area contributed by atoms with Gasteiger partial charge in [-0.2, -0.15) is 0 Å². The number of halogens is 1. The molecule has 1 fully saturated rings. The molecule has 0 radical (unpaired) electrons. The monoisotopic (exact) mass is 650 g/mol. The predicted octanol–water partition coefficient (Wildman–Crippen LogP) is 4.55. The number of rotatable bonds is 4. The van der Waals surface area contributed by atoms with Crippen LogP contribution in [0.1, 0.15) is 59.9 Å². The number of amides is 2. The summed E-state index contributed by atoms with van der Waals surface area (Å²) in [5.41, 5.74) is -1.46. The second-order valence-electron chi connectivity index (χ2n) is 12.7. The predicted molar refractivity (Wildman–Crippen MR) is 170 cm³/mol. The molecule has 1 saturated heterocycles. The lowest BCUT2D eigenvalue weighted by Gasteiger charge is -2.46. The van der Waals surface area contributed by atoms with Gasteiger partial charge in [0.25, 0.3) is 0 Å². The number of ether oxygens (including phenoxy) is 4. The van der Waals surface area contributed by atoms with Crippen molar-refractivity contribution in [2.75, 3.05) is 26.2 Å². The van der Waals surface area contributed by atoms with Gasteiger partial charge in [-0.1, -0.05) is 63.1 Å². The van der Waals surface area contributed by atoms with Gasteiger partial charge in [0, 0.05) is 20.6 Å². The van der Waals surface area contributed by atoms with Crippen LogP contribution in [-0.2, 0) is 30.2 Å². The van der Waals surface area contributed by atoms with Gasteiger partial charge in [-0.25, -0.2) is 4.79 Å². The van der Waals surface area contributed by atoms with Crippen molar-refractivity contribution in [3.05, 3.63) is 46.5 Å². The highest BCUT2D eigenvalue weighted by molar-refractivity contribution is 6.35. The number of anilines is 1. The summed E-state index contributed by atoms with van der Waals surface area (Å²) in [5.74, 6) is -2.46. The minimum atomic E-state index is -1.82. The van der Waals surface area contributed by atoms with Gasteiger partial charge in [-0.15, -0.1) is 0 Å². The number of carbonyl (C=O) groups is 3. The Labute approximate surface area is 270 Å². The molecular formula is C33H47ClN2O9. The van der Waals surface area contributed by atoms with E-state index in [0.717, 1.165) is 11.1 Å². The van der Waals surface area contributed by atoms with Gasteiger partial charge >= 0.3 is 12.1 Å². The maximum Gasteiger partial charge on any atom is 0.409 e. The SMILES string of the molecule is COc1cc2cc(c1Cl)N(C)C(=O)C[C@H](OC(=O)C(C)C)C(C)(O)C(C)[C@H](C)C1C[C@@](O)(NC(=O)O1)[C@H](OC)C=CC=C(C)C2. The Morgan fingerprint density at radius 2 is 1.87 bits per heavy atom. The molecule has 0 spiro atoms. The van der Waals surface area contributed by atoms with E-state index in [1.807, 2.05) is 13.0 Å². The summed E-state index contributed by atoms with van der Waals surface area (Å²) in [6.45, 7) is 10.2. The highest BCUT2D eigenvalue weighted by Crippen LogP contribution is 2.40. The number of hydrogen-bond acceptors (Lipinski definition) is 9. The number of benzene rings is 1. The number of alkyl carbamates (subject to hydrolysis) is 1. The average Bonchev–Trinajstić information content (AvgIpc) is 2.97. The molecule has 12 heteroatoms. The summed E-state index contributed by atoms with van der Waals surface area (Å²) >= 11 is 6.67. The van der Waals surface area contributed by atoms with Crippen LogP contribution in [0.15, 0.2) is 35.9 Å². The van der Waals surface area contributed by atoms with E-state index in [1.54, 1.807) is 59.0 Å². The van der Waals surface area contributed by atoms with Crippen LogP contribution in [0.4, 0.5) is 10.5 Å². The number of esters is 1. The van der Waals surface area contributed by atoms with Crippen LogP contribution in [0.25, 0.3) is 0 Å².